The molecule has 0 aliphatic heterocycles. The van der Waals surface area contributed by atoms with Gasteiger partial charge in [-0.2, -0.15) is 0 Å². The number of rotatable bonds is 9. The molecule has 4 aromatic carbocycles. The maximum atomic E-state index is 13.8. The number of amides is 1. The second-order valence-electron chi connectivity index (χ2n) is 9.94. The van der Waals surface area contributed by atoms with Gasteiger partial charge in [-0.3, -0.25) is 9.59 Å². The molecule has 1 amide bonds. The Morgan fingerprint density at radius 2 is 1.68 bits per heavy atom. The van der Waals surface area contributed by atoms with Crippen molar-refractivity contribution in [1.29, 1.82) is 0 Å². The van der Waals surface area contributed by atoms with Crippen molar-refractivity contribution in [2.75, 3.05) is 0 Å². The van der Waals surface area contributed by atoms with Crippen molar-refractivity contribution in [2.45, 2.75) is 49.0 Å². The van der Waals surface area contributed by atoms with E-state index in [2.05, 4.69) is 58.2 Å². The first-order valence-electron chi connectivity index (χ1n) is 12.9. The van der Waals surface area contributed by atoms with Gasteiger partial charge in [0.15, 0.2) is 0 Å². The summed E-state index contributed by atoms with van der Waals surface area (Å²) in [7, 11) is 0. The lowest BCUT2D eigenvalue weighted by atomic mass is 9.98. The van der Waals surface area contributed by atoms with Gasteiger partial charge >= 0.3 is 5.97 Å². The number of fused-ring (bicyclic) bond motifs is 2. The van der Waals surface area contributed by atoms with E-state index in [4.69, 9.17) is 9.84 Å². The second-order valence-corrected chi connectivity index (χ2v) is 12.1. The Kier molecular flexibility index (Phi) is 7.70. The van der Waals surface area contributed by atoms with Crippen LogP contribution in [0.4, 0.5) is 0 Å². The van der Waals surface area contributed by atoms with E-state index in [-0.39, 0.29) is 12.3 Å². The van der Waals surface area contributed by atoms with Crippen molar-refractivity contribution in [1.82, 2.24) is 5.32 Å². The molecule has 6 heteroatoms. The van der Waals surface area contributed by atoms with Crippen LogP contribution in [-0.4, -0.2) is 17.0 Å². The fourth-order valence-corrected chi connectivity index (χ4v) is 5.92. The van der Waals surface area contributed by atoms with Crippen molar-refractivity contribution in [3.05, 3.63) is 107 Å². The van der Waals surface area contributed by atoms with Gasteiger partial charge in [-0.15, -0.1) is 0 Å². The van der Waals surface area contributed by atoms with Crippen molar-refractivity contribution in [2.24, 2.45) is 0 Å². The predicted octanol–water partition coefficient (Wildman–Crippen LogP) is 7.57. The Hall–Kier alpha value is -3.39. The van der Waals surface area contributed by atoms with E-state index in [0.29, 0.717) is 24.2 Å². The molecule has 194 valence electrons. The number of ether oxygens (including phenoxy) is 1. The maximum Gasteiger partial charge on any atom is 0.303 e. The summed E-state index contributed by atoms with van der Waals surface area (Å²) in [6, 6.07) is 25.9. The van der Waals surface area contributed by atoms with E-state index >= 15 is 0 Å². The highest BCUT2D eigenvalue weighted by Crippen LogP contribution is 2.35. The number of aliphatic carboxylic acids is 1. The Morgan fingerprint density at radius 3 is 2.53 bits per heavy atom. The SMILES string of the molecule is C[C@](I)(NC(=O)c1cc(Oc2ccc3c(c2)CCC3)ccc1CCCC(=O)O)c1cccc2ccccc12. The highest BCUT2D eigenvalue weighted by atomic mass is 127. The van der Waals surface area contributed by atoms with Gasteiger partial charge in [0.05, 0.1) is 0 Å². The maximum absolute atomic E-state index is 13.8. The molecule has 0 aromatic heterocycles. The number of nitrogens with one attached hydrogen (secondary N) is 1. The number of carboxylic acids is 1. The smallest absolute Gasteiger partial charge is 0.303 e. The van der Waals surface area contributed by atoms with Gasteiger partial charge in [-0.05, 0) is 119 Å². The minimum absolute atomic E-state index is 0.0500. The van der Waals surface area contributed by atoms with Crippen LogP contribution in [0.25, 0.3) is 10.8 Å². The van der Waals surface area contributed by atoms with E-state index in [1.54, 1.807) is 6.07 Å². The number of hydrogen-bond acceptors (Lipinski definition) is 3. The molecule has 2 N–H and O–H groups in total. The first-order valence-corrected chi connectivity index (χ1v) is 14.0. The van der Waals surface area contributed by atoms with E-state index in [0.717, 1.165) is 40.5 Å². The van der Waals surface area contributed by atoms with Gasteiger partial charge in [0.2, 0.25) is 0 Å². The topological polar surface area (TPSA) is 75.6 Å². The lowest BCUT2D eigenvalue weighted by Crippen LogP contribution is -2.39. The largest absolute Gasteiger partial charge is 0.481 e. The Balaban J connectivity index is 1.44. The molecule has 1 aliphatic carbocycles. The Morgan fingerprint density at radius 1 is 0.947 bits per heavy atom. The molecular formula is C32H30INO4. The monoisotopic (exact) mass is 619 g/mol. The molecule has 5 rings (SSSR count). The quantitative estimate of drug-likeness (QED) is 0.115. The molecule has 5 nitrogen and oxygen atoms in total. The van der Waals surface area contributed by atoms with Gasteiger partial charge in [0.25, 0.3) is 5.91 Å². The number of aryl methyl sites for hydroxylation is 3. The third-order valence-corrected chi connectivity index (χ3v) is 7.96. The normalized spacial score (nSPS) is 14.1. The van der Waals surface area contributed by atoms with Crippen molar-refractivity contribution < 1.29 is 19.4 Å². The predicted molar refractivity (Wildman–Crippen MR) is 158 cm³/mol. The average molecular weight is 619 g/mol. The van der Waals surface area contributed by atoms with Crippen LogP contribution in [0.1, 0.15) is 58.8 Å². The third kappa shape index (κ3) is 5.85. The van der Waals surface area contributed by atoms with Gasteiger partial charge in [-0.1, -0.05) is 54.6 Å². The number of alkyl halides is 1. The summed E-state index contributed by atoms with van der Waals surface area (Å²) in [4.78, 5) is 24.9. The molecule has 0 heterocycles. The van der Waals surface area contributed by atoms with Crippen molar-refractivity contribution in [3.63, 3.8) is 0 Å². The number of hydrogen-bond donors (Lipinski definition) is 2. The number of carbonyl (C=O) groups excluding carboxylic acids is 1. The third-order valence-electron chi connectivity index (χ3n) is 7.11. The molecule has 0 unspecified atom stereocenters. The first-order chi connectivity index (χ1) is 18.3. The minimum Gasteiger partial charge on any atom is -0.481 e. The average Bonchev–Trinajstić information content (AvgIpc) is 3.36. The first kappa shape index (κ1) is 26.2. The molecule has 0 radical (unpaired) electrons. The second kappa shape index (κ2) is 11.2. The summed E-state index contributed by atoms with van der Waals surface area (Å²) in [5.41, 5.74) is 5.01. The molecule has 1 atom stereocenters. The summed E-state index contributed by atoms with van der Waals surface area (Å²) in [6.07, 6.45) is 4.32. The molecule has 0 saturated heterocycles. The van der Waals surface area contributed by atoms with Crippen LogP contribution >= 0.6 is 22.6 Å². The zero-order valence-electron chi connectivity index (χ0n) is 21.3. The summed E-state index contributed by atoms with van der Waals surface area (Å²) in [5, 5.41) is 14.5. The van der Waals surface area contributed by atoms with Gasteiger partial charge in [0.1, 0.15) is 15.0 Å². The van der Waals surface area contributed by atoms with Gasteiger partial charge in [0, 0.05) is 12.0 Å². The van der Waals surface area contributed by atoms with Gasteiger partial charge in [-0.25, -0.2) is 0 Å². The number of benzene rings is 4. The van der Waals surface area contributed by atoms with Crippen LogP contribution in [0, 0.1) is 0 Å². The standard InChI is InChI=1S/C32H30INO4/c1-32(33,29-13-5-9-22-7-2-3-12-27(22)29)34-31(37)28-20-26(18-16-23(28)10-6-14-30(35)36)38-25-17-15-21-8-4-11-24(21)19-25/h2-3,5,7,9,12-13,15-20H,4,6,8,10-11,14H2,1H3,(H,34,37)(H,35,36)/t32-/m0/s1. The Bertz CT molecular complexity index is 1510. The summed E-state index contributed by atoms with van der Waals surface area (Å²) in [5.74, 6) is 0.267. The molecule has 0 fully saturated rings. The zero-order valence-corrected chi connectivity index (χ0v) is 23.5. The number of carboxylic acid groups (broad SMARTS) is 1. The van der Waals surface area contributed by atoms with Crippen LogP contribution in [0.5, 0.6) is 11.5 Å². The lowest BCUT2D eigenvalue weighted by molar-refractivity contribution is -0.137. The van der Waals surface area contributed by atoms with E-state index < -0.39 is 9.51 Å². The van der Waals surface area contributed by atoms with Crippen LogP contribution in [0.3, 0.4) is 0 Å². The summed E-state index contributed by atoms with van der Waals surface area (Å²) in [6.45, 7) is 1.99. The van der Waals surface area contributed by atoms with E-state index in [1.807, 2.05) is 49.4 Å². The van der Waals surface area contributed by atoms with Gasteiger partial charge < -0.3 is 15.2 Å². The van der Waals surface area contributed by atoms with Crippen LogP contribution < -0.4 is 10.1 Å². The molecule has 0 bridgehead atoms. The highest BCUT2D eigenvalue weighted by Gasteiger charge is 2.28. The molecule has 38 heavy (non-hydrogen) atoms. The van der Waals surface area contributed by atoms with Crippen LogP contribution in [0.15, 0.2) is 78.9 Å². The number of halogens is 1. The highest BCUT2D eigenvalue weighted by molar-refractivity contribution is 14.1. The lowest BCUT2D eigenvalue weighted by Gasteiger charge is -2.27. The van der Waals surface area contributed by atoms with E-state index in [9.17, 15) is 9.59 Å². The fourth-order valence-electron chi connectivity index (χ4n) is 5.21. The molecule has 1 aliphatic rings. The summed E-state index contributed by atoms with van der Waals surface area (Å²) < 4.78 is 5.51. The molecular weight excluding hydrogens is 589 g/mol. The fraction of sp³-hybridized carbons (Fsp3) is 0.250. The minimum atomic E-state index is -0.844. The summed E-state index contributed by atoms with van der Waals surface area (Å²) >= 11 is 2.28. The Labute approximate surface area is 236 Å². The van der Waals surface area contributed by atoms with Crippen LogP contribution in [0.2, 0.25) is 0 Å². The van der Waals surface area contributed by atoms with Crippen LogP contribution in [-0.2, 0) is 27.6 Å². The van der Waals surface area contributed by atoms with Crippen molar-refractivity contribution in [3.8, 4) is 11.5 Å². The molecule has 0 saturated carbocycles. The zero-order chi connectivity index (χ0) is 26.7. The van der Waals surface area contributed by atoms with Crippen molar-refractivity contribution >= 4 is 45.2 Å². The van der Waals surface area contributed by atoms with E-state index in [1.165, 1.54) is 17.5 Å². The molecule has 0 spiro atoms. The molecule has 4 aromatic rings. The number of carbonyl (C=O) groups is 2.